The molecule has 0 unspecified atom stereocenters. The van der Waals surface area contributed by atoms with Crippen molar-refractivity contribution >= 4 is 5.97 Å². The lowest BCUT2D eigenvalue weighted by molar-refractivity contribution is -0.00843. The molecule has 0 spiro atoms. The van der Waals surface area contributed by atoms with Crippen LogP contribution in [0.3, 0.4) is 0 Å². The van der Waals surface area contributed by atoms with E-state index in [-0.39, 0.29) is 11.7 Å². The van der Waals surface area contributed by atoms with Crippen LogP contribution >= 0.6 is 0 Å². The first-order valence-electron chi connectivity index (χ1n) is 10.9. The molecule has 0 aliphatic rings. The maximum Gasteiger partial charge on any atom is 0.374 e. The fourth-order valence-electron chi connectivity index (χ4n) is 2.96. The Balaban J connectivity index is 1.99. The molecule has 2 N–H and O–H groups in total. The van der Waals surface area contributed by atoms with E-state index in [2.05, 4.69) is 6.92 Å². The summed E-state index contributed by atoms with van der Waals surface area (Å²) in [5, 5.41) is 17.8. The van der Waals surface area contributed by atoms with Crippen LogP contribution in [-0.4, -0.2) is 42.1 Å². The van der Waals surface area contributed by atoms with E-state index in [9.17, 15) is 4.79 Å². The Morgan fingerprint density at radius 3 is 1.96 bits per heavy atom. The second kappa shape index (κ2) is 16.4. The summed E-state index contributed by atoms with van der Waals surface area (Å²) in [4.78, 5) is 11.8. The normalized spacial score (nSPS) is 11.1. The second-order valence-electron chi connectivity index (χ2n) is 7.25. The summed E-state index contributed by atoms with van der Waals surface area (Å²) < 4.78 is 15.7. The molecule has 1 aromatic rings. The predicted octanol–water partition coefficient (Wildman–Crippen LogP) is 4.87. The zero-order valence-electron chi connectivity index (χ0n) is 17.4. The smallest absolute Gasteiger partial charge is 0.374 e. The van der Waals surface area contributed by atoms with Crippen molar-refractivity contribution in [3.63, 3.8) is 0 Å². The van der Waals surface area contributed by atoms with Gasteiger partial charge in [0.2, 0.25) is 5.76 Å². The van der Waals surface area contributed by atoms with E-state index in [1.54, 1.807) is 6.07 Å². The van der Waals surface area contributed by atoms with Gasteiger partial charge in [-0.3, -0.25) is 0 Å². The molecule has 162 valence electrons. The number of furan rings is 1. The zero-order chi connectivity index (χ0) is 20.5. The molecule has 1 rings (SSSR count). The van der Waals surface area contributed by atoms with Crippen LogP contribution in [0.4, 0.5) is 0 Å². The van der Waals surface area contributed by atoms with Gasteiger partial charge in [-0.25, -0.2) is 4.79 Å². The van der Waals surface area contributed by atoms with Gasteiger partial charge >= 0.3 is 5.97 Å². The van der Waals surface area contributed by atoms with E-state index < -0.39 is 25.3 Å². The second-order valence-corrected chi connectivity index (χ2v) is 7.25. The van der Waals surface area contributed by atoms with Crippen LogP contribution in [0.25, 0.3) is 0 Å². The van der Waals surface area contributed by atoms with Crippen molar-refractivity contribution in [1.29, 1.82) is 0 Å². The maximum atomic E-state index is 11.8. The Labute approximate surface area is 169 Å². The molecule has 0 amide bonds. The number of ether oxygens (including phenoxy) is 2. The first-order chi connectivity index (χ1) is 13.7. The summed E-state index contributed by atoms with van der Waals surface area (Å²) in [5.41, 5.74) is 0. The molecule has 0 saturated carbocycles. The molecular formula is C22H38O6. The van der Waals surface area contributed by atoms with Gasteiger partial charge in [0.05, 0.1) is 19.8 Å². The Morgan fingerprint density at radius 1 is 0.893 bits per heavy atom. The van der Waals surface area contributed by atoms with Gasteiger partial charge in [-0.1, -0.05) is 77.6 Å². The van der Waals surface area contributed by atoms with E-state index in [0.29, 0.717) is 6.61 Å². The van der Waals surface area contributed by atoms with Crippen molar-refractivity contribution in [2.45, 2.75) is 90.1 Å². The van der Waals surface area contributed by atoms with Crippen molar-refractivity contribution < 1.29 is 28.9 Å². The van der Waals surface area contributed by atoms with E-state index >= 15 is 0 Å². The van der Waals surface area contributed by atoms with Crippen LogP contribution in [0, 0.1) is 0 Å². The molecule has 0 aliphatic heterocycles. The van der Waals surface area contributed by atoms with Crippen LogP contribution in [0.5, 0.6) is 5.95 Å². The van der Waals surface area contributed by atoms with Crippen LogP contribution < -0.4 is 4.74 Å². The van der Waals surface area contributed by atoms with E-state index in [1.165, 1.54) is 70.3 Å². The predicted molar refractivity (Wildman–Crippen MR) is 109 cm³/mol. The fraction of sp³-hybridized carbons (Fsp3) is 0.773. The third-order valence-electron chi connectivity index (χ3n) is 4.71. The molecule has 1 aromatic heterocycles. The molecule has 28 heavy (non-hydrogen) atoms. The molecule has 0 aromatic carbocycles. The van der Waals surface area contributed by atoms with E-state index in [0.717, 1.165) is 12.8 Å². The van der Waals surface area contributed by atoms with E-state index in [1.807, 2.05) is 0 Å². The van der Waals surface area contributed by atoms with E-state index in [4.69, 9.17) is 24.1 Å². The summed E-state index contributed by atoms with van der Waals surface area (Å²) in [6.45, 7) is 1.92. The number of aliphatic hydroxyl groups excluding tert-OH is 2. The molecule has 0 radical (unpaired) electrons. The highest BCUT2D eigenvalue weighted by molar-refractivity contribution is 5.86. The lowest BCUT2D eigenvalue weighted by Crippen LogP contribution is -2.25. The SMILES string of the molecule is CCCCCCCCCCCCCCOc1ccc(C(=O)OC(CO)CO)o1. The number of aliphatic hydroxyl groups is 2. The lowest BCUT2D eigenvalue weighted by Gasteiger charge is -2.10. The van der Waals surface area contributed by atoms with Crippen LogP contribution in [0.2, 0.25) is 0 Å². The van der Waals surface area contributed by atoms with Crippen molar-refractivity contribution in [2.24, 2.45) is 0 Å². The van der Waals surface area contributed by atoms with Gasteiger partial charge in [-0.15, -0.1) is 0 Å². The minimum atomic E-state index is -0.942. The van der Waals surface area contributed by atoms with Crippen LogP contribution in [0.1, 0.15) is 94.5 Å². The minimum Gasteiger partial charge on any atom is -0.465 e. The number of carbonyl (C=O) groups is 1. The van der Waals surface area contributed by atoms with Crippen molar-refractivity contribution in [2.75, 3.05) is 19.8 Å². The van der Waals surface area contributed by atoms with Crippen molar-refractivity contribution in [1.82, 2.24) is 0 Å². The number of rotatable bonds is 18. The van der Waals surface area contributed by atoms with Gasteiger partial charge in [0, 0.05) is 6.07 Å². The van der Waals surface area contributed by atoms with Gasteiger partial charge in [-0.2, -0.15) is 0 Å². The monoisotopic (exact) mass is 398 g/mol. The molecule has 6 heteroatoms. The first kappa shape index (κ1) is 24.5. The van der Waals surface area contributed by atoms with Gasteiger partial charge in [0.1, 0.15) is 6.10 Å². The summed E-state index contributed by atoms with van der Waals surface area (Å²) in [7, 11) is 0. The van der Waals surface area contributed by atoms with Gasteiger partial charge in [0.15, 0.2) is 0 Å². The third-order valence-corrected chi connectivity index (χ3v) is 4.71. The molecule has 0 bridgehead atoms. The van der Waals surface area contributed by atoms with Crippen LogP contribution in [-0.2, 0) is 4.74 Å². The van der Waals surface area contributed by atoms with Gasteiger partial charge in [0.25, 0.3) is 5.95 Å². The largest absolute Gasteiger partial charge is 0.465 e. The summed E-state index contributed by atoms with van der Waals surface area (Å²) in [6.07, 6.45) is 14.5. The van der Waals surface area contributed by atoms with Gasteiger partial charge < -0.3 is 24.1 Å². The first-order valence-corrected chi connectivity index (χ1v) is 10.9. The third kappa shape index (κ3) is 11.3. The quantitative estimate of drug-likeness (QED) is 0.271. The number of hydrogen-bond acceptors (Lipinski definition) is 6. The van der Waals surface area contributed by atoms with Gasteiger partial charge in [-0.05, 0) is 12.5 Å². The Morgan fingerprint density at radius 2 is 1.43 bits per heavy atom. The van der Waals surface area contributed by atoms with Crippen LogP contribution in [0.15, 0.2) is 16.5 Å². The fourth-order valence-corrected chi connectivity index (χ4v) is 2.96. The van der Waals surface area contributed by atoms with Crippen molar-refractivity contribution in [3.05, 3.63) is 17.9 Å². The molecule has 0 atom stereocenters. The molecule has 0 saturated heterocycles. The number of carbonyl (C=O) groups excluding carboxylic acids is 1. The number of esters is 1. The maximum absolute atomic E-state index is 11.8. The van der Waals surface area contributed by atoms with Crippen molar-refractivity contribution in [3.8, 4) is 5.95 Å². The Kier molecular flexibility index (Phi) is 14.4. The zero-order valence-corrected chi connectivity index (χ0v) is 17.4. The molecule has 0 aliphatic carbocycles. The molecule has 0 fully saturated rings. The summed E-state index contributed by atoms with van der Waals surface area (Å²) in [6, 6.07) is 3.04. The topological polar surface area (TPSA) is 89.1 Å². The average molecular weight is 399 g/mol. The summed E-state index contributed by atoms with van der Waals surface area (Å²) in [5.74, 6) is -0.454. The molecular weight excluding hydrogens is 360 g/mol. The Hall–Kier alpha value is -1.53. The summed E-state index contributed by atoms with van der Waals surface area (Å²) >= 11 is 0. The highest BCUT2D eigenvalue weighted by Crippen LogP contribution is 2.18. The Bertz CT molecular complexity index is 495. The highest BCUT2D eigenvalue weighted by atomic mass is 16.6. The lowest BCUT2D eigenvalue weighted by atomic mass is 10.1. The average Bonchev–Trinajstić information content (AvgIpc) is 3.18. The standard InChI is InChI=1S/C22H38O6/c1-2-3-4-5-6-7-8-9-10-11-12-13-16-26-21-15-14-20(28-21)22(25)27-19(17-23)18-24/h14-15,19,23-24H,2-13,16-18H2,1H3. The molecule has 1 heterocycles. The highest BCUT2D eigenvalue weighted by Gasteiger charge is 2.18. The molecule has 6 nitrogen and oxygen atoms in total. The number of hydrogen-bond donors (Lipinski definition) is 2. The number of unbranched alkanes of at least 4 members (excludes halogenated alkanes) is 11. The minimum absolute atomic E-state index is 0.00315.